The van der Waals surface area contributed by atoms with Crippen LogP contribution in [0.5, 0.6) is 0 Å². The summed E-state index contributed by atoms with van der Waals surface area (Å²) in [5.74, 6) is 0.639. The van der Waals surface area contributed by atoms with Crippen molar-refractivity contribution < 1.29 is 0 Å². The van der Waals surface area contributed by atoms with Crippen LogP contribution in [0.2, 0.25) is 0 Å². The van der Waals surface area contributed by atoms with Gasteiger partial charge in [0.05, 0.1) is 0 Å². The second-order valence-corrected chi connectivity index (χ2v) is 2.65. The summed E-state index contributed by atoms with van der Waals surface area (Å²) in [7, 11) is 0. The number of aliphatic imine (C=N–C) groups is 1. The van der Waals surface area contributed by atoms with Crippen LogP contribution in [-0.4, -0.2) is 6.21 Å². The Morgan fingerprint density at radius 1 is 1.42 bits per heavy atom. The van der Waals surface area contributed by atoms with Gasteiger partial charge in [0, 0.05) is 12.4 Å². The zero-order chi connectivity index (χ0) is 9.23. The van der Waals surface area contributed by atoms with Gasteiger partial charge in [0.25, 0.3) is 0 Å². The van der Waals surface area contributed by atoms with Crippen molar-refractivity contribution in [1.82, 2.24) is 0 Å². The van der Waals surface area contributed by atoms with Gasteiger partial charge in [0.2, 0.25) is 0 Å². The first-order valence-electron chi connectivity index (χ1n) is 4.28. The summed E-state index contributed by atoms with van der Waals surface area (Å²) in [6, 6.07) is 0. The minimum Gasteiger partial charge on any atom is -0.265 e. The lowest BCUT2D eigenvalue weighted by atomic mass is 10.1. The van der Waals surface area contributed by atoms with E-state index in [4.69, 9.17) is 0 Å². The van der Waals surface area contributed by atoms with Crippen LogP contribution in [0, 0.1) is 5.92 Å². The van der Waals surface area contributed by atoms with Gasteiger partial charge in [-0.05, 0) is 18.1 Å². The van der Waals surface area contributed by atoms with Crippen LogP contribution >= 0.6 is 0 Å². The van der Waals surface area contributed by atoms with Gasteiger partial charge < -0.3 is 0 Å². The Labute approximate surface area is 75.2 Å². The Morgan fingerprint density at radius 3 is 2.75 bits per heavy atom. The fourth-order valence-electron chi connectivity index (χ4n) is 0.585. The Balaban J connectivity index is 3.65. The monoisotopic (exact) mass is 163 g/mol. The quantitative estimate of drug-likeness (QED) is 0.435. The van der Waals surface area contributed by atoms with E-state index in [9.17, 15) is 0 Å². The van der Waals surface area contributed by atoms with E-state index in [1.54, 1.807) is 24.6 Å². The first kappa shape index (κ1) is 10.9. The molecule has 66 valence electrons. The van der Waals surface area contributed by atoms with Crippen LogP contribution in [0.3, 0.4) is 0 Å². The lowest BCUT2D eigenvalue weighted by Crippen LogP contribution is -1.83. The third kappa shape index (κ3) is 7.00. The van der Waals surface area contributed by atoms with E-state index < -0.39 is 0 Å². The summed E-state index contributed by atoms with van der Waals surface area (Å²) >= 11 is 0. The van der Waals surface area contributed by atoms with Gasteiger partial charge in [-0.3, -0.25) is 4.99 Å². The molecule has 0 saturated carbocycles. The maximum atomic E-state index is 4.00. The second kappa shape index (κ2) is 7.99. The number of hydrogen-bond acceptors (Lipinski definition) is 1. The fraction of sp³-hybridized carbons (Fsp3) is 0.364. The molecule has 1 atom stereocenters. The van der Waals surface area contributed by atoms with E-state index in [0.717, 1.165) is 0 Å². The predicted octanol–water partition coefficient (Wildman–Crippen LogP) is 3.36. The van der Waals surface area contributed by atoms with Crippen molar-refractivity contribution in [2.75, 3.05) is 0 Å². The summed E-state index contributed by atoms with van der Waals surface area (Å²) in [6.45, 7) is 7.90. The average molecular weight is 163 g/mol. The van der Waals surface area contributed by atoms with E-state index >= 15 is 0 Å². The number of rotatable bonds is 5. The maximum Gasteiger partial charge on any atom is 0.0267 e. The molecule has 0 heterocycles. The third-order valence-electron chi connectivity index (χ3n) is 1.56. The molecule has 1 nitrogen and oxygen atoms in total. The highest BCUT2D eigenvalue weighted by Gasteiger charge is 1.87. The number of allylic oxidation sites excluding steroid dienone is 4. The van der Waals surface area contributed by atoms with Gasteiger partial charge >= 0.3 is 0 Å². The van der Waals surface area contributed by atoms with Crippen molar-refractivity contribution >= 4 is 6.21 Å². The molecule has 0 aromatic heterocycles. The Kier molecular flexibility index (Phi) is 7.25. The Morgan fingerprint density at radius 2 is 2.17 bits per heavy atom. The number of hydrogen-bond donors (Lipinski definition) is 0. The van der Waals surface area contributed by atoms with E-state index in [2.05, 4.69) is 31.5 Å². The molecule has 0 aliphatic rings. The molecule has 0 aliphatic carbocycles. The Bertz CT molecular complexity index is 187. The maximum absolute atomic E-state index is 4.00. The van der Waals surface area contributed by atoms with Crippen LogP contribution < -0.4 is 0 Å². The van der Waals surface area contributed by atoms with Gasteiger partial charge in [-0.2, -0.15) is 0 Å². The van der Waals surface area contributed by atoms with Crippen LogP contribution in [0.1, 0.15) is 20.3 Å². The molecule has 12 heavy (non-hydrogen) atoms. The molecule has 0 aliphatic heterocycles. The molecule has 0 rings (SSSR count). The first-order chi connectivity index (χ1) is 5.81. The standard InChI is InChI=1S/C11H17N/c1-4-6-9-12-10-7-8-11(3)5-2/h4,6-11H,1,5H2,2-3H3/b8-7+,9-6-,12-10+. The van der Waals surface area contributed by atoms with Gasteiger partial charge in [0.15, 0.2) is 0 Å². The van der Waals surface area contributed by atoms with Crippen molar-refractivity contribution in [3.8, 4) is 0 Å². The topological polar surface area (TPSA) is 12.4 Å². The summed E-state index contributed by atoms with van der Waals surface area (Å²) in [6.07, 6.45) is 12.3. The molecule has 0 aromatic rings. The molecule has 0 amide bonds. The third-order valence-corrected chi connectivity index (χ3v) is 1.56. The normalized spacial score (nSPS) is 14.8. The molecule has 0 bridgehead atoms. The van der Waals surface area contributed by atoms with Crippen molar-refractivity contribution in [3.63, 3.8) is 0 Å². The van der Waals surface area contributed by atoms with E-state index in [-0.39, 0.29) is 0 Å². The first-order valence-corrected chi connectivity index (χ1v) is 4.28. The van der Waals surface area contributed by atoms with Gasteiger partial charge in [-0.25, -0.2) is 0 Å². The van der Waals surface area contributed by atoms with Crippen molar-refractivity contribution in [2.45, 2.75) is 20.3 Å². The summed E-state index contributed by atoms with van der Waals surface area (Å²) in [4.78, 5) is 4.00. The molecule has 0 fully saturated rings. The SMILES string of the molecule is C=C\C=C/N=C/C=C/C(C)CC. The molecular weight excluding hydrogens is 146 g/mol. The van der Waals surface area contributed by atoms with E-state index in [1.165, 1.54) is 6.42 Å². The Hall–Kier alpha value is -1.11. The average Bonchev–Trinajstić information content (AvgIpc) is 2.10. The van der Waals surface area contributed by atoms with Crippen molar-refractivity contribution in [1.29, 1.82) is 0 Å². The highest BCUT2D eigenvalue weighted by atomic mass is 14.6. The van der Waals surface area contributed by atoms with Gasteiger partial charge in [-0.15, -0.1) is 0 Å². The lowest BCUT2D eigenvalue weighted by molar-refractivity contribution is 0.699. The van der Waals surface area contributed by atoms with Crippen LogP contribution in [-0.2, 0) is 0 Å². The molecule has 1 heteroatoms. The minimum atomic E-state index is 0.639. The van der Waals surface area contributed by atoms with Crippen molar-refractivity contribution in [3.05, 3.63) is 37.1 Å². The molecule has 0 N–H and O–H groups in total. The fourth-order valence-corrected chi connectivity index (χ4v) is 0.585. The summed E-state index contributed by atoms with van der Waals surface area (Å²) < 4.78 is 0. The zero-order valence-corrected chi connectivity index (χ0v) is 7.90. The second-order valence-electron chi connectivity index (χ2n) is 2.65. The molecule has 0 saturated heterocycles. The van der Waals surface area contributed by atoms with Crippen LogP contribution in [0.25, 0.3) is 0 Å². The largest absolute Gasteiger partial charge is 0.265 e. The van der Waals surface area contributed by atoms with Gasteiger partial charge in [0.1, 0.15) is 0 Å². The highest BCUT2D eigenvalue weighted by Crippen LogP contribution is 2.00. The molecule has 1 unspecified atom stereocenters. The smallest absolute Gasteiger partial charge is 0.0267 e. The molecular formula is C11H17N. The van der Waals surface area contributed by atoms with Crippen LogP contribution in [0.4, 0.5) is 0 Å². The zero-order valence-electron chi connectivity index (χ0n) is 7.90. The summed E-state index contributed by atoms with van der Waals surface area (Å²) in [5, 5.41) is 0. The highest BCUT2D eigenvalue weighted by molar-refractivity contribution is 5.71. The van der Waals surface area contributed by atoms with E-state index in [0.29, 0.717) is 5.92 Å². The van der Waals surface area contributed by atoms with Crippen molar-refractivity contribution in [2.24, 2.45) is 10.9 Å². The minimum absolute atomic E-state index is 0.639. The van der Waals surface area contributed by atoms with E-state index in [1.807, 2.05) is 6.08 Å². The lowest BCUT2D eigenvalue weighted by Gasteiger charge is -1.96. The number of nitrogens with zero attached hydrogens (tertiary/aromatic N) is 1. The molecule has 0 aromatic carbocycles. The predicted molar refractivity (Wildman–Crippen MR) is 56.4 cm³/mol. The van der Waals surface area contributed by atoms with Gasteiger partial charge in [-0.1, -0.05) is 39.0 Å². The molecule has 0 spiro atoms. The molecule has 0 radical (unpaired) electrons. The van der Waals surface area contributed by atoms with Crippen LogP contribution in [0.15, 0.2) is 42.1 Å². The summed E-state index contributed by atoms with van der Waals surface area (Å²) in [5.41, 5.74) is 0.